The van der Waals surface area contributed by atoms with E-state index in [-0.39, 0.29) is 11.7 Å². The highest BCUT2D eigenvalue weighted by Gasteiger charge is 2.38. The number of hydrogen-bond acceptors (Lipinski definition) is 5. The van der Waals surface area contributed by atoms with E-state index in [1.54, 1.807) is 6.07 Å². The maximum absolute atomic E-state index is 13.1. The average molecular weight is 487 g/mol. The normalized spacial score (nSPS) is 19.7. The van der Waals surface area contributed by atoms with Crippen LogP contribution < -0.4 is 16.0 Å². The van der Waals surface area contributed by atoms with Crippen molar-refractivity contribution in [3.8, 4) is 0 Å². The van der Waals surface area contributed by atoms with Gasteiger partial charge >= 0.3 is 12.7 Å². The molecule has 0 saturated carbocycles. The van der Waals surface area contributed by atoms with Gasteiger partial charge in [0.15, 0.2) is 0 Å². The first-order chi connectivity index (χ1) is 18.1. The smallest absolute Gasteiger partial charge is 0.423 e. The van der Waals surface area contributed by atoms with Gasteiger partial charge in [-0.3, -0.25) is 0 Å². The molecule has 0 amide bonds. The second-order valence-corrected chi connectivity index (χ2v) is 10.0. The molecule has 7 rings (SSSR count). The first kappa shape index (κ1) is 22.3. The summed E-state index contributed by atoms with van der Waals surface area (Å²) >= 11 is 0. The van der Waals surface area contributed by atoms with E-state index in [0.29, 0.717) is 16.6 Å². The van der Waals surface area contributed by atoms with Crippen molar-refractivity contribution in [3.63, 3.8) is 0 Å². The molecule has 2 heterocycles. The maximum Gasteiger partial charge on any atom is 0.489 e. The van der Waals surface area contributed by atoms with E-state index >= 15 is 0 Å². The number of aryl methyl sites for hydroxylation is 1. The van der Waals surface area contributed by atoms with Gasteiger partial charge in [0.1, 0.15) is 5.76 Å². The van der Waals surface area contributed by atoms with E-state index in [1.807, 2.05) is 30.3 Å². The lowest BCUT2D eigenvalue weighted by atomic mass is 9.74. The van der Waals surface area contributed by atoms with Crippen molar-refractivity contribution in [1.82, 2.24) is 0 Å². The van der Waals surface area contributed by atoms with Crippen LogP contribution >= 0.6 is 0 Å². The Morgan fingerprint density at radius 1 is 0.973 bits per heavy atom. The van der Waals surface area contributed by atoms with Crippen LogP contribution in [0.25, 0.3) is 28.0 Å². The second-order valence-electron chi connectivity index (χ2n) is 10.0. The van der Waals surface area contributed by atoms with Gasteiger partial charge in [-0.05, 0) is 72.3 Å². The molecule has 0 bridgehead atoms. The summed E-state index contributed by atoms with van der Waals surface area (Å²) < 4.78 is 5.74. The predicted molar refractivity (Wildman–Crippen MR) is 149 cm³/mol. The van der Waals surface area contributed by atoms with Gasteiger partial charge in [-0.2, -0.15) is 0 Å². The number of nitrogens with zero attached hydrogens (tertiary/aromatic N) is 1. The van der Waals surface area contributed by atoms with Crippen LogP contribution in [-0.2, 0) is 6.42 Å². The highest BCUT2D eigenvalue weighted by atomic mass is 16.4. The van der Waals surface area contributed by atoms with E-state index in [1.165, 1.54) is 5.57 Å². The van der Waals surface area contributed by atoms with Gasteiger partial charge in [0, 0.05) is 22.4 Å². The van der Waals surface area contributed by atoms with Gasteiger partial charge in [-0.15, -0.1) is 0 Å². The Bertz CT molecular complexity index is 1670. The first-order valence-corrected chi connectivity index (χ1v) is 12.9. The molecule has 0 spiro atoms. The molecule has 3 aliphatic carbocycles. The van der Waals surface area contributed by atoms with Crippen molar-refractivity contribution in [1.29, 1.82) is 0 Å². The fraction of sp³-hybridized carbons (Fsp3) is 0.194. The third-order valence-corrected chi connectivity index (χ3v) is 7.94. The van der Waals surface area contributed by atoms with Gasteiger partial charge in [0.25, 0.3) is 0 Å². The topological polar surface area (TPSA) is 73.9 Å². The fourth-order valence-electron chi connectivity index (χ4n) is 6.30. The SMILES string of the molecule is O=c1oc2c(c3cc4c(cc13)N(C1=CCCC=C1c1ccccc1B(O)O)C1CC=CC=C41)CCC=C2. The van der Waals surface area contributed by atoms with E-state index in [0.717, 1.165) is 71.1 Å². The highest BCUT2D eigenvalue weighted by molar-refractivity contribution is 6.59. The van der Waals surface area contributed by atoms with Crippen molar-refractivity contribution in [2.75, 3.05) is 4.90 Å². The number of hydrogen-bond donors (Lipinski definition) is 2. The molecule has 37 heavy (non-hydrogen) atoms. The molecule has 2 N–H and O–H groups in total. The molecule has 3 aromatic rings. The van der Waals surface area contributed by atoms with Gasteiger partial charge in [-0.1, -0.05) is 60.7 Å². The summed E-state index contributed by atoms with van der Waals surface area (Å²) in [5, 5.41) is 21.8. The molecular weight excluding hydrogens is 461 g/mol. The number of anilines is 1. The molecule has 6 heteroatoms. The molecular formula is C31H26BNO4. The number of fused-ring (bicyclic) bond motifs is 6. The Hall–Kier alpha value is -3.87. The minimum absolute atomic E-state index is 0.0959. The van der Waals surface area contributed by atoms with Gasteiger partial charge in [0.05, 0.1) is 17.1 Å². The monoisotopic (exact) mass is 487 g/mol. The summed E-state index contributed by atoms with van der Waals surface area (Å²) in [4.78, 5) is 15.5. The standard InChI is InChI=1S/C31H26BNO4/c34-31-25-18-29-24(17-23(25)22-12-4-8-16-30(22)37-31)21-11-3-7-15-28(21)33(29)27-14-6-2-10-20(27)19-9-1-5-13-26(19)32(35)36/h1,3,5,7-11,13-14,16-18,28,35-36H,2,4,6,12,15H2. The summed E-state index contributed by atoms with van der Waals surface area (Å²) in [6, 6.07) is 11.8. The fourth-order valence-corrected chi connectivity index (χ4v) is 6.30. The number of benzene rings is 2. The summed E-state index contributed by atoms with van der Waals surface area (Å²) in [5.41, 5.74) is 7.49. The lowest BCUT2D eigenvalue weighted by Gasteiger charge is -2.34. The van der Waals surface area contributed by atoms with Crippen LogP contribution in [0.15, 0.2) is 87.8 Å². The van der Waals surface area contributed by atoms with Crippen molar-refractivity contribution in [2.24, 2.45) is 0 Å². The Kier molecular flexibility index (Phi) is 5.20. The number of allylic oxidation sites excluding steroid dienone is 6. The van der Waals surface area contributed by atoms with Crippen LogP contribution in [-0.4, -0.2) is 23.2 Å². The Labute approximate surface area is 215 Å². The summed E-state index contributed by atoms with van der Waals surface area (Å²) in [5.74, 6) is 0.673. The van der Waals surface area contributed by atoms with Crippen molar-refractivity contribution in [2.45, 2.75) is 38.1 Å². The largest absolute Gasteiger partial charge is 0.489 e. The van der Waals surface area contributed by atoms with Crippen molar-refractivity contribution in [3.05, 3.63) is 111 Å². The van der Waals surface area contributed by atoms with E-state index in [9.17, 15) is 14.8 Å². The molecule has 4 aliphatic rings. The lowest BCUT2D eigenvalue weighted by molar-refractivity contribution is 0.425. The Morgan fingerprint density at radius 2 is 1.84 bits per heavy atom. The molecule has 1 atom stereocenters. The van der Waals surface area contributed by atoms with Crippen LogP contribution in [0.1, 0.15) is 48.1 Å². The maximum atomic E-state index is 13.1. The third kappa shape index (κ3) is 3.44. The lowest BCUT2D eigenvalue weighted by Crippen LogP contribution is -2.36. The Morgan fingerprint density at radius 3 is 2.73 bits per heavy atom. The molecule has 1 unspecified atom stereocenters. The molecule has 5 nitrogen and oxygen atoms in total. The van der Waals surface area contributed by atoms with Crippen molar-refractivity contribution < 1.29 is 14.5 Å². The summed E-state index contributed by atoms with van der Waals surface area (Å²) in [7, 11) is -1.56. The minimum Gasteiger partial charge on any atom is -0.423 e. The van der Waals surface area contributed by atoms with Crippen LogP contribution in [0.3, 0.4) is 0 Å². The average Bonchev–Trinajstić information content (AvgIpc) is 3.25. The zero-order valence-corrected chi connectivity index (χ0v) is 20.4. The van der Waals surface area contributed by atoms with E-state index in [2.05, 4.69) is 47.4 Å². The van der Waals surface area contributed by atoms with E-state index in [4.69, 9.17) is 4.42 Å². The first-order valence-electron chi connectivity index (χ1n) is 12.9. The zero-order valence-electron chi connectivity index (χ0n) is 20.4. The van der Waals surface area contributed by atoms with Gasteiger partial charge in [-0.25, -0.2) is 4.79 Å². The second kappa shape index (κ2) is 8.61. The molecule has 2 aromatic carbocycles. The quantitative estimate of drug-likeness (QED) is 0.523. The van der Waals surface area contributed by atoms with Crippen LogP contribution in [0.4, 0.5) is 5.69 Å². The molecule has 0 fully saturated rings. The summed E-state index contributed by atoms with van der Waals surface area (Å²) in [6.45, 7) is 0. The molecule has 0 saturated heterocycles. The number of rotatable bonds is 3. The minimum atomic E-state index is -1.56. The van der Waals surface area contributed by atoms with Crippen LogP contribution in [0.5, 0.6) is 0 Å². The third-order valence-electron chi connectivity index (χ3n) is 7.94. The van der Waals surface area contributed by atoms with Crippen molar-refractivity contribution >= 4 is 46.3 Å². The molecule has 0 radical (unpaired) electrons. The van der Waals surface area contributed by atoms with Crippen LogP contribution in [0.2, 0.25) is 0 Å². The van der Waals surface area contributed by atoms with Gasteiger partial charge < -0.3 is 19.4 Å². The molecule has 1 aromatic heterocycles. The van der Waals surface area contributed by atoms with Crippen LogP contribution in [0, 0.1) is 0 Å². The molecule has 182 valence electrons. The van der Waals surface area contributed by atoms with E-state index < -0.39 is 7.12 Å². The molecule has 1 aliphatic heterocycles. The zero-order chi connectivity index (χ0) is 25.1. The Balaban J connectivity index is 1.45. The summed E-state index contributed by atoms with van der Waals surface area (Å²) in [6.07, 6.45) is 19.3. The predicted octanol–water partition coefficient (Wildman–Crippen LogP) is 4.73. The highest BCUT2D eigenvalue weighted by Crippen LogP contribution is 2.49. The van der Waals surface area contributed by atoms with Gasteiger partial charge in [0.2, 0.25) is 0 Å².